The molecule has 4 atom stereocenters. The maximum atomic E-state index is 6.53. The molecule has 0 spiro atoms. The predicted octanol–water partition coefficient (Wildman–Crippen LogP) is 8.93. The fourth-order valence-electron chi connectivity index (χ4n) is 9.44. The smallest absolute Gasteiger partial charge is 0.217 e. The Morgan fingerprint density at radius 1 is 0.542 bits per heavy atom. The maximum Gasteiger partial charge on any atom is 0.217 e. The number of hydrogen-bond acceptors (Lipinski definition) is 14. The van der Waals surface area contributed by atoms with Crippen LogP contribution in [0.2, 0.25) is 20.1 Å². The fraction of sp³-hybridized carbons (Fsp3) is 0.462. The summed E-state index contributed by atoms with van der Waals surface area (Å²) in [6.45, 7) is 19.5. The largest absolute Gasteiger partial charge is 0.491 e. The van der Waals surface area contributed by atoms with Crippen LogP contribution in [0.1, 0.15) is 38.8 Å². The Bertz CT molecular complexity index is 2460. The third-order valence-corrected chi connectivity index (χ3v) is 14.5. The summed E-state index contributed by atoms with van der Waals surface area (Å²) < 4.78 is 40.7. The van der Waals surface area contributed by atoms with Crippen LogP contribution in [0.5, 0.6) is 11.5 Å². The first kappa shape index (κ1) is 52.2. The molecule has 384 valence electrons. The van der Waals surface area contributed by atoms with E-state index in [1.54, 1.807) is 46.3 Å². The molecule has 0 aliphatic carbocycles. The topological polar surface area (TPSA) is 130 Å². The summed E-state index contributed by atoms with van der Waals surface area (Å²) in [4.78, 5) is 17.9. The van der Waals surface area contributed by atoms with Gasteiger partial charge in [0.05, 0.1) is 23.3 Å². The molecule has 4 saturated heterocycles. The molecule has 20 heteroatoms. The number of aromatic nitrogens is 6. The molecule has 72 heavy (non-hydrogen) atoms. The van der Waals surface area contributed by atoms with Gasteiger partial charge in [-0.3, -0.25) is 9.80 Å². The molecule has 16 nitrogen and oxygen atoms in total. The molecule has 2 aromatic heterocycles. The highest BCUT2D eigenvalue weighted by Crippen LogP contribution is 2.42. The van der Waals surface area contributed by atoms with Gasteiger partial charge < -0.3 is 38.2 Å². The maximum absolute atomic E-state index is 6.53. The Labute approximate surface area is 441 Å². The van der Waals surface area contributed by atoms with Crippen molar-refractivity contribution in [3.8, 4) is 11.5 Å². The summed E-state index contributed by atoms with van der Waals surface area (Å²) in [5.74, 6) is -0.653. The Morgan fingerprint density at radius 3 is 1.26 bits per heavy atom. The second-order valence-corrected chi connectivity index (χ2v) is 20.6. The quantitative estimate of drug-likeness (QED) is 0.0915. The van der Waals surface area contributed by atoms with Crippen LogP contribution >= 0.6 is 46.4 Å². The number of piperazine rings is 2. The normalized spacial score (nSPS) is 22.9. The van der Waals surface area contributed by atoms with E-state index in [1.165, 1.54) is 24.0 Å². The minimum atomic E-state index is -1.12. The molecule has 4 aliphatic heterocycles. The van der Waals surface area contributed by atoms with E-state index < -0.39 is 11.6 Å². The zero-order chi connectivity index (χ0) is 50.2. The highest BCUT2D eigenvalue weighted by Gasteiger charge is 2.47. The third kappa shape index (κ3) is 12.8. The molecule has 0 saturated carbocycles. The lowest BCUT2D eigenvalue weighted by Gasteiger charge is -2.38. The molecule has 0 amide bonds. The number of hydrogen-bond donors (Lipinski definition) is 0. The summed E-state index contributed by atoms with van der Waals surface area (Å²) >= 11 is 25.3. The number of halogens is 4. The Morgan fingerprint density at radius 2 is 0.931 bits per heavy atom. The van der Waals surface area contributed by atoms with Crippen molar-refractivity contribution in [1.29, 1.82) is 0 Å². The van der Waals surface area contributed by atoms with Crippen molar-refractivity contribution in [2.75, 3.05) is 88.6 Å². The summed E-state index contributed by atoms with van der Waals surface area (Å²) in [5.41, 5.74) is 3.81. The second kappa shape index (κ2) is 23.7. The van der Waals surface area contributed by atoms with Crippen LogP contribution < -0.4 is 19.3 Å². The van der Waals surface area contributed by atoms with Crippen molar-refractivity contribution >= 4 is 57.8 Å². The number of rotatable bonds is 16. The van der Waals surface area contributed by atoms with Gasteiger partial charge in [-0.1, -0.05) is 58.5 Å². The van der Waals surface area contributed by atoms with Gasteiger partial charge in [-0.15, -0.1) is 0 Å². The Hall–Kier alpha value is -4.72. The number of benzene rings is 4. The van der Waals surface area contributed by atoms with Gasteiger partial charge in [-0.25, -0.2) is 19.3 Å². The molecule has 0 unspecified atom stereocenters. The van der Waals surface area contributed by atoms with Crippen LogP contribution in [0.25, 0.3) is 0 Å². The molecular formula is C52H62Cl4N10O6. The van der Waals surface area contributed by atoms with E-state index in [4.69, 9.17) is 74.8 Å². The average Bonchev–Trinajstić information content (AvgIpc) is 4.24. The van der Waals surface area contributed by atoms with E-state index in [2.05, 4.69) is 91.7 Å². The third-order valence-electron chi connectivity index (χ3n) is 13.4. The first-order chi connectivity index (χ1) is 34.8. The highest BCUT2D eigenvalue weighted by molar-refractivity contribution is 6.35. The van der Waals surface area contributed by atoms with Crippen molar-refractivity contribution in [3.63, 3.8) is 0 Å². The van der Waals surface area contributed by atoms with Gasteiger partial charge in [0, 0.05) is 97.0 Å². The standard InChI is InChI=1S/2C26H31Cl2N5O3/c2*1-19(2)31-9-11-32(12-10-31)21-4-6-22(7-5-21)34-14-23-15-35-26(36-23,16-33-18-29-17-30-33)24-8-3-20(27)13-25(24)28/h2*3-8,13,17-19,23H,9-12,14-16H2,1-2H3/t2*23-,26-/m00/s1. The molecule has 4 aliphatic rings. The van der Waals surface area contributed by atoms with Gasteiger partial charge in [-0.2, -0.15) is 10.2 Å². The molecule has 6 aromatic rings. The van der Waals surface area contributed by atoms with Gasteiger partial charge >= 0.3 is 0 Å². The average molecular weight is 1060 g/mol. The van der Waals surface area contributed by atoms with Crippen LogP contribution in [-0.4, -0.2) is 142 Å². The summed E-state index contributed by atoms with van der Waals surface area (Å²) in [6, 6.07) is 28.3. The molecule has 0 radical (unpaired) electrons. The van der Waals surface area contributed by atoms with E-state index in [0.29, 0.717) is 82.8 Å². The van der Waals surface area contributed by atoms with E-state index in [9.17, 15) is 0 Å². The van der Waals surface area contributed by atoms with Gasteiger partial charge in [0.1, 0.15) is 75.3 Å². The van der Waals surface area contributed by atoms with Gasteiger partial charge in [-0.05, 0) is 100 Å². The van der Waals surface area contributed by atoms with Crippen molar-refractivity contribution < 1.29 is 28.4 Å². The SMILES string of the molecule is CC(C)N1CCN(c2ccc(OC[C@H]3CO[C@](Cn4cncn4)(c4ccc(Cl)cc4Cl)O3)cc2)CC1.CC(C)N1CCN(c2ccc(OC[C@H]3CO[C@](Cn4cncn4)(c4ccc(Cl)cc4Cl)O3)cc2)CC1. The monoisotopic (exact) mass is 1060 g/mol. The first-order valence-electron chi connectivity index (χ1n) is 24.5. The number of nitrogens with zero attached hydrogens (tertiary/aromatic N) is 10. The molecule has 0 bridgehead atoms. The molecule has 0 N–H and O–H groups in total. The van der Waals surface area contributed by atoms with Gasteiger partial charge in [0.25, 0.3) is 0 Å². The van der Waals surface area contributed by atoms with E-state index in [0.717, 1.165) is 63.9 Å². The van der Waals surface area contributed by atoms with Crippen LogP contribution in [0.15, 0.2) is 110 Å². The lowest BCUT2D eigenvalue weighted by Crippen LogP contribution is -2.48. The fourth-order valence-corrected chi connectivity index (χ4v) is 10.5. The van der Waals surface area contributed by atoms with Crippen molar-refractivity contribution in [1.82, 2.24) is 39.3 Å². The highest BCUT2D eigenvalue weighted by atomic mass is 35.5. The van der Waals surface area contributed by atoms with Crippen molar-refractivity contribution in [2.45, 2.75) is 76.7 Å². The first-order valence-corrected chi connectivity index (χ1v) is 26.0. The van der Waals surface area contributed by atoms with Crippen molar-refractivity contribution in [2.24, 2.45) is 0 Å². The molecular weight excluding hydrogens is 1000 g/mol. The number of anilines is 2. The van der Waals surface area contributed by atoms with E-state index in [-0.39, 0.29) is 12.2 Å². The zero-order valence-corrected chi connectivity index (χ0v) is 44.1. The lowest BCUT2D eigenvalue weighted by atomic mass is 10.1. The molecule has 10 rings (SSSR count). The molecule has 4 fully saturated rings. The Kier molecular flexibility index (Phi) is 17.1. The second-order valence-electron chi connectivity index (χ2n) is 18.9. The Balaban J connectivity index is 0.000000178. The van der Waals surface area contributed by atoms with E-state index in [1.807, 2.05) is 36.4 Å². The van der Waals surface area contributed by atoms with Crippen LogP contribution in [0, 0.1) is 0 Å². The van der Waals surface area contributed by atoms with Crippen LogP contribution in [0.3, 0.4) is 0 Å². The van der Waals surface area contributed by atoms with Crippen molar-refractivity contribution in [3.05, 3.63) is 141 Å². The van der Waals surface area contributed by atoms with Crippen LogP contribution in [0.4, 0.5) is 11.4 Å². The van der Waals surface area contributed by atoms with Gasteiger partial charge in [0.2, 0.25) is 11.6 Å². The minimum absolute atomic E-state index is 0.288. The number of ether oxygens (including phenoxy) is 6. The summed E-state index contributed by atoms with van der Waals surface area (Å²) in [5, 5.41) is 10.4. The minimum Gasteiger partial charge on any atom is -0.491 e. The summed E-state index contributed by atoms with van der Waals surface area (Å²) in [6.07, 6.45) is 5.60. The molecule has 4 aromatic carbocycles. The van der Waals surface area contributed by atoms with Gasteiger partial charge in [0.15, 0.2) is 0 Å². The predicted molar refractivity (Wildman–Crippen MR) is 280 cm³/mol. The zero-order valence-electron chi connectivity index (χ0n) is 41.0. The molecule has 6 heterocycles. The van der Waals surface area contributed by atoms with E-state index >= 15 is 0 Å². The lowest BCUT2D eigenvalue weighted by molar-refractivity contribution is -0.191. The van der Waals surface area contributed by atoms with Crippen LogP contribution in [-0.2, 0) is 43.6 Å². The summed E-state index contributed by atoms with van der Waals surface area (Å²) in [7, 11) is 0.